The molecule has 0 bridgehead atoms. The lowest BCUT2D eigenvalue weighted by Crippen LogP contribution is -1.97. The monoisotopic (exact) mass is 307 g/mol. The largest absolute Gasteiger partial charge is 0.495 e. The minimum atomic E-state index is -0.436. The highest BCUT2D eigenvalue weighted by molar-refractivity contribution is 6.32. The maximum atomic E-state index is 10.9. The number of halogens is 1. The third-order valence-electron chi connectivity index (χ3n) is 2.86. The second-order valence-corrected chi connectivity index (χ2v) is 4.66. The van der Waals surface area contributed by atoms with Crippen molar-refractivity contribution in [2.24, 2.45) is 0 Å². The minimum absolute atomic E-state index is 0.00489. The van der Waals surface area contributed by atoms with Crippen molar-refractivity contribution in [2.45, 2.75) is 0 Å². The summed E-state index contributed by atoms with van der Waals surface area (Å²) >= 11 is 5.96. The topological polar surface area (TPSA) is 76.4 Å². The molecule has 0 saturated heterocycles. The molecule has 0 unspecified atom stereocenters. The van der Waals surface area contributed by atoms with Gasteiger partial charge >= 0.3 is 0 Å². The van der Waals surface area contributed by atoms with Crippen LogP contribution in [0.1, 0.15) is 0 Å². The van der Waals surface area contributed by atoms with Crippen LogP contribution in [0.25, 0.3) is 0 Å². The van der Waals surface area contributed by atoms with E-state index in [0.29, 0.717) is 22.1 Å². The summed E-state index contributed by atoms with van der Waals surface area (Å²) in [6.07, 6.45) is 0. The van der Waals surface area contributed by atoms with Crippen molar-refractivity contribution in [1.82, 2.24) is 0 Å². The molecule has 6 nitrogen and oxygen atoms in total. The number of nitrogens with one attached hydrogen (secondary N) is 2. The van der Waals surface area contributed by atoms with Crippen LogP contribution in [0, 0.1) is 10.1 Å². The van der Waals surface area contributed by atoms with Crippen molar-refractivity contribution in [1.29, 1.82) is 0 Å². The fourth-order valence-corrected chi connectivity index (χ4v) is 2.03. The van der Waals surface area contributed by atoms with Crippen molar-refractivity contribution in [3.63, 3.8) is 0 Å². The summed E-state index contributed by atoms with van der Waals surface area (Å²) in [6, 6.07) is 9.88. The van der Waals surface area contributed by atoms with E-state index in [0.717, 1.165) is 5.69 Å². The first-order chi connectivity index (χ1) is 10.0. The molecular weight excluding hydrogens is 294 g/mol. The van der Waals surface area contributed by atoms with Gasteiger partial charge in [0.1, 0.15) is 5.75 Å². The van der Waals surface area contributed by atoms with Gasteiger partial charge in [-0.1, -0.05) is 11.6 Å². The van der Waals surface area contributed by atoms with E-state index in [1.54, 1.807) is 31.3 Å². The highest BCUT2D eigenvalue weighted by Crippen LogP contribution is 2.31. The van der Waals surface area contributed by atoms with E-state index in [9.17, 15) is 10.1 Å². The van der Waals surface area contributed by atoms with Crippen LogP contribution in [0.4, 0.5) is 22.7 Å². The number of methoxy groups -OCH3 is 1. The molecule has 0 aromatic heterocycles. The first kappa shape index (κ1) is 14.9. The highest BCUT2D eigenvalue weighted by atomic mass is 35.5. The van der Waals surface area contributed by atoms with Gasteiger partial charge in [0.2, 0.25) is 0 Å². The normalized spacial score (nSPS) is 10.0. The summed E-state index contributed by atoms with van der Waals surface area (Å²) in [6.45, 7) is 0. The molecule has 0 aliphatic heterocycles. The molecule has 7 heteroatoms. The smallest absolute Gasteiger partial charge is 0.273 e. The summed E-state index contributed by atoms with van der Waals surface area (Å²) < 4.78 is 5.14. The molecule has 0 atom stereocenters. The SMILES string of the molecule is CNc1cc(Nc2ccc(Cl)c(OC)c2)cc([N+](=O)[O-])c1. The lowest BCUT2D eigenvalue weighted by Gasteiger charge is -2.10. The van der Waals surface area contributed by atoms with E-state index >= 15 is 0 Å². The molecule has 2 aromatic carbocycles. The molecule has 21 heavy (non-hydrogen) atoms. The van der Waals surface area contributed by atoms with Crippen LogP contribution in [0.15, 0.2) is 36.4 Å². The lowest BCUT2D eigenvalue weighted by molar-refractivity contribution is -0.384. The Bertz CT molecular complexity index is 677. The van der Waals surface area contributed by atoms with Gasteiger partial charge < -0.3 is 15.4 Å². The number of hydrogen-bond acceptors (Lipinski definition) is 5. The maximum absolute atomic E-state index is 10.9. The summed E-state index contributed by atoms with van der Waals surface area (Å²) in [4.78, 5) is 10.5. The summed E-state index contributed by atoms with van der Waals surface area (Å²) in [7, 11) is 3.23. The van der Waals surface area contributed by atoms with Crippen LogP contribution < -0.4 is 15.4 Å². The van der Waals surface area contributed by atoms with Gasteiger partial charge in [-0.2, -0.15) is 0 Å². The predicted octanol–water partition coefficient (Wildman–Crippen LogP) is 4.04. The van der Waals surface area contributed by atoms with Crippen LogP contribution >= 0.6 is 11.6 Å². The summed E-state index contributed by atoms with van der Waals surface area (Å²) in [5.74, 6) is 0.529. The fraction of sp³-hybridized carbons (Fsp3) is 0.143. The molecule has 2 aromatic rings. The van der Waals surface area contributed by atoms with Crippen LogP contribution in [0.3, 0.4) is 0 Å². The Hall–Kier alpha value is -2.47. The lowest BCUT2D eigenvalue weighted by atomic mass is 10.2. The second kappa shape index (κ2) is 6.32. The summed E-state index contributed by atoms with van der Waals surface area (Å²) in [5, 5.41) is 17.4. The number of anilines is 3. The number of hydrogen-bond donors (Lipinski definition) is 2. The highest BCUT2D eigenvalue weighted by Gasteiger charge is 2.10. The first-order valence-corrected chi connectivity index (χ1v) is 6.49. The Morgan fingerprint density at radius 2 is 1.86 bits per heavy atom. The van der Waals surface area contributed by atoms with Gasteiger partial charge in [-0.3, -0.25) is 10.1 Å². The van der Waals surface area contributed by atoms with Gasteiger partial charge in [0.05, 0.1) is 17.1 Å². The van der Waals surface area contributed by atoms with Gasteiger partial charge in [-0.15, -0.1) is 0 Å². The number of nitro benzene ring substituents is 1. The van der Waals surface area contributed by atoms with E-state index in [-0.39, 0.29) is 5.69 Å². The minimum Gasteiger partial charge on any atom is -0.495 e. The molecule has 0 heterocycles. The van der Waals surface area contributed by atoms with Crippen LogP contribution in [0.5, 0.6) is 5.75 Å². The zero-order valence-corrected chi connectivity index (χ0v) is 12.3. The third-order valence-corrected chi connectivity index (χ3v) is 3.17. The Morgan fingerprint density at radius 3 is 2.48 bits per heavy atom. The Kier molecular flexibility index (Phi) is 4.49. The number of rotatable bonds is 5. The molecule has 0 amide bonds. The number of ether oxygens (including phenoxy) is 1. The standard InChI is InChI=1S/C14H14ClN3O3/c1-16-10-5-11(7-12(6-10)18(19)20)17-9-3-4-13(15)14(8-9)21-2/h3-8,16-17H,1-2H3. The van der Waals surface area contributed by atoms with Crippen molar-refractivity contribution < 1.29 is 9.66 Å². The van der Waals surface area contributed by atoms with Crippen LogP contribution in [-0.2, 0) is 0 Å². The van der Waals surface area contributed by atoms with E-state index < -0.39 is 4.92 Å². The quantitative estimate of drug-likeness (QED) is 0.644. The Labute approximate surface area is 126 Å². The van der Waals surface area contributed by atoms with E-state index in [1.807, 2.05) is 0 Å². The Balaban J connectivity index is 2.34. The van der Waals surface area contributed by atoms with Crippen molar-refractivity contribution in [3.05, 3.63) is 51.5 Å². The van der Waals surface area contributed by atoms with Crippen molar-refractivity contribution >= 4 is 34.4 Å². The molecule has 0 aliphatic rings. The number of non-ortho nitro benzene ring substituents is 1. The molecule has 0 fully saturated rings. The molecule has 0 radical (unpaired) electrons. The van der Waals surface area contributed by atoms with Gasteiger partial charge in [0.25, 0.3) is 5.69 Å². The van der Waals surface area contributed by atoms with E-state index in [1.165, 1.54) is 19.2 Å². The molecule has 0 saturated carbocycles. The van der Waals surface area contributed by atoms with Crippen LogP contribution in [-0.4, -0.2) is 19.1 Å². The zero-order valence-electron chi connectivity index (χ0n) is 11.5. The average molecular weight is 308 g/mol. The number of nitrogens with zero attached hydrogens (tertiary/aromatic N) is 1. The first-order valence-electron chi connectivity index (χ1n) is 6.11. The Morgan fingerprint density at radius 1 is 1.14 bits per heavy atom. The maximum Gasteiger partial charge on any atom is 0.273 e. The number of nitro groups is 1. The molecule has 0 spiro atoms. The van der Waals surface area contributed by atoms with Gasteiger partial charge in [0.15, 0.2) is 0 Å². The molecule has 2 N–H and O–H groups in total. The molecule has 0 aliphatic carbocycles. The average Bonchev–Trinajstić information content (AvgIpc) is 2.48. The number of benzene rings is 2. The predicted molar refractivity (Wildman–Crippen MR) is 83.9 cm³/mol. The van der Waals surface area contributed by atoms with Crippen LogP contribution in [0.2, 0.25) is 5.02 Å². The van der Waals surface area contributed by atoms with Crippen molar-refractivity contribution in [2.75, 3.05) is 24.8 Å². The van der Waals surface area contributed by atoms with Crippen molar-refractivity contribution in [3.8, 4) is 5.75 Å². The second-order valence-electron chi connectivity index (χ2n) is 4.25. The summed E-state index contributed by atoms with van der Waals surface area (Å²) in [5.41, 5.74) is 1.97. The van der Waals surface area contributed by atoms with Gasteiger partial charge in [-0.05, 0) is 18.2 Å². The zero-order chi connectivity index (χ0) is 15.4. The molecular formula is C14H14ClN3O3. The molecule has 2 rings (SSSR count). The van der Waals surface area contributed by atoms with Gasteiger partial charge in [0, 0.05) is 42.3 Å². The molecule has 110 valence electrons. The van der Waals surface area contributed by atoms with E-state index in [2.05, 4.69) is 10.6 Å². The van der Waals surface area contributed by atoms with E-state index in [4.69, 9.17) is 16.3 Å². The van der Waals surface area contributed by atoms with Gasteiger partial charge in [-0.25, -0.2) is 0 Å². The fourth-order valence-electron chi connectivity index (χ4n) is 1.84. The third kappa shape index (κ3) is 3.55.